The second-order valence-electron chi connectivity index (χ2n) is 4.48. The van der Waals surface area contributed by atoms with Crippen LogP contribution in [0.4, 0.5) is 0 Å². The molecule has 0 aliphatic carbocycles. The third-order valence-electron chi connectivity index (χ3n) is 3.26. The van der Waals surface area contributed by atoms with Gasteiger partial charge in [-0.3, -0.25) is 5.10 Å². The average Bonchev–Trinajstić information content (AvgIpc) is 2.98. The van der Waals surface area contributed by atoms with Crippen molar-refractivity contribution in [2.24, 2.45) is 0 Å². The van der Waals surface area contributed by atoms with Gasteiger partial charge in [-0.1, -0.05) is 0 Å². The van der Waals surface area contributed by atoms with Crippen molar-refractivity contribution in [3.8, 4) is 11.4 Å². The lowest BCUT2D eigenvalue weighted by atomic mass is 9.96. The molecule has 0 amide bonds. The molecule has 3 N–H and O–H groups in total. The predicted octanol–water partition coefficient (Wildman–Crippen LogP) is 2.63. The highest BCUT2D eigenvalue weighted by Gasteiger charge is 2.17. The van der Waals surface area contributed by atoms with Crippen LogP contribution in [0.1, 0.15) is 24.5 Å². The van der Waals surface area contributed by atoms with Crippen molar-refractivity contribution in [3.63, 3.8) is 0 Å². The van der Waals surface area contributed by atoms with Crippen molar-refractivity contribution in [1.29, 1.82) is 0 Å². The fourth-order valence-corrected chi connectivity index (χ4v) is 2.66. The molecule has 0 unspecified atom stereocenters. The summed E-state index contributed by atoms with van der Waals surface area (Å²) in [6.07, 6.45) is 4.40. The molecule has 4 nitrogen and oxygen atoms in total. The first-order valence-corrected chi connectivity index (χ1v) is 6.72. The van der Waals surface area contributed by atoms with Crippen LogP contribution in [-0.4, -0.2) is 28.3 Å². The Morgan fingerprint density at radius 1 is 1.35 bits per heavy atom. The third-order valence-corrected chi connectivity index (χ3v) is 3.72. The number of hydrogen-bond donors (Lipinski definition) is 3. The van der Waals surface area contributed by atoms with Gasteiger partial charge in [0.15, 0.2) is 0 Å². The summed E-state index contributed by atoms with van der Waals surface area (Å²) in [4.78, 5) is 3.19. The van der Waals surface area contributed by atoms with Crippen LogP contribution in [0, 0.1) is 0 Å². The topological polar surface area (TPSA) is 56.5 Å². The molecule has 1 aliphatic rings. The van der Waals surface area contributed by atoms with Crippen molar-refractivity contribution in [2.75, 3.05) is 13.1 Å². The van der Waals surface area contributed by atoms with Crippen LogP contribution in [0.3, 0.4) is 0 Å². The number of hydrogen-bond acceptors (Lipinski definition) is 2. The highest BCUT2D eigenvalue weighted by atomic mass is 79.9. The molecule has 3 rings (SSSR count). The molecule has 1 fully saturated rings. The van der Waals surface area contributed by atoms with Crippen molar-refractivity contribution in [2.45, 2.75) is 18.8 Å². The number of halogens is 1. The van der Waals surface area contributed by atoms with Crippen LogP contribution in [0.2, 0.25) is 0 Å². The summed E-state index contributed by atoms with van der Waals surface area (Å²) in [6, 6.07) is 4.19. The van der Waals surface area contributed by atoms with E-state index in [0.717, 1.165) is 29.0 Å². The summed E-state index contributed by atoms with van der Waals surface area (Å²) in [5.41, 5.74) is 3.26. The van der Waals surface area contributed by atoms with Crippen molar-refractivity contribution in [3.05, 3.63) is 28.5 Å². The molecule has 0 spiro atoms. The monoisotopic (exact) mass is 294 g/mol. The first-order chi connectivity index (χ1) is 8.33. The average molecular weight is 295 g/mol. The quantitative estimate of drug-likeness (QED) is 0.797. The Morgan fingerprint density at radius 2 is 2.29 bits per heavy atom. The van der Waals surface area contributed by atoms with E-state index in [2.05, 4.69) is 42.5 Å². The first kappa shape index (κ1) is 11.0. The van der Waals surface area contributed by atoms with Crippen molar-refractivity contribution in [1.82, 2.24) is 20.5 Å². The van der Waals surface area contributed by atoms with E-state index in [1.54, 1.807) is 0 Å². The molecular formula is C12H15BrN4. The van der Waals surface area contributed by atoms with E-state index in [1.807, 2.05) is 12.3 Å². The van der Waals surface area contributed by atoms with Gasteiger partial charge < -0.3 is 10.3 Å². The van der Waals surface area contributed by atoms with Gasteiger partial charge in [-0.05, 0) is 47.4 Å². The van der Waals surface area contributed by atoms with Gasteiger partial charge in [-0.25, -0.2) is 0 Å². The highest BCUT2D eigenvalue weighted by Crippen LogP contribution is 2.26. The molecule has 1 aliphatic heterocycles. The summed E-state index contributed by atoms with van der Waals surface area (Å²) in [6.45, 7) is 2.19. The lowest BCUT2D eigenvalue weighted by Crippen LogP contribution is -2.28. The van der Waals surface area contributed by atoms with Crippen LogP contribution in [0.25, 0.3) is 11.4 Å². The van der Waals surface area contributed by atoms with Gasteiger partial charge in [-0.2, -0.15) is 5.10 Å². The Bertz CT molecular complexity index is 496. The molecule has 2 aromatic rings. The Labute approximate surface area is 108 Å². The van der Waals surface area contributed by atoms with Gasteiger partial charge in [0.2, 0.25) is 0 Å². The highest BCUT2D eigenvalue weighted by molar-refractivity contribution is 9.10. The number of aromatic nitrogens is 3. The normalized spacial score (nSPS) is 20.6. The van der Waals surface area contributed by atoms with Gasteiger partial charge in [0, 0.05) is 28.8 Å². The molecule has 0 aromatic carbocycles. The zero-order valence-electron chi connectivity index (χ0n) is 9.46. The largest absolute Gasteiger partial charge is 0.359 e. The molecule has 0 saturated carbocycles. The van der Waals surface area contributed by atoms with Gasteiger partial charge in [0.1, 0.15) is 5.69 Å². The van der Waals surface area contributed by atoms with Gasteiger partial charge in [-0.15, -0.1) is 0 Å². The predicted molar refractivity (Wildman–Crippen MR) is 70.9 cm³/mol. The van der Waals surface area contributed by atoms with Crippen LogP contribution >= 0.6 is 15.9 Å². The Balaban J connectivity index is 1.82. The molecule has 0 bridgehead atoms. The fraction of sp³-hybridized carbons (Fsp3) is 0.417. The second-order valence-corrected chi connectivity index (χ2v) is 5.40. The van der Waals surface area contributed by atoms with Crippen LogP contribution in [-0.2, 0) is 0 Å². The van der Waals surface area contributed by atoms with E-state index in [0.29, 0.717) is 5.92 Å². The van der Waals surface area contributed by atoms with Gasteiger partial charge in [0.25, 0.3) is 0 Å². The summed E-state index contributed by atoms with van der Waals surface area (Å²) < 4.78 is 1.05. The molecule has 17 heavy (non-hydrogen) atoms. The summed E-state index contributed by atoms with van der Waals surface area (Å²) in [7, 11) is 0. The Morgan fingerprint density at radius 3 is 3.00 bits per heavy atom. The maximum absolute atomic E-state index is 4.37. The summed E-state index contributed by atoms with van der Waals surface area (Å²) >= 11 is 3.43. The zero-order chi connectivity index (χ0) is 11.7. The number of nitrogens with zero attached hydrogens (tertiary/aromatic N) is 1. The van der Waals surface area contributed by atoms with E-state index in [-0.39, 0.29) is 0 Å². The summed E-state index contributed by atoms with van der Waals surface area (Å²) in [5, 5.41) is 11.0. The van der Waals surface area contributed by atoms with Gasteiger partial charge in [0.05, 0.1) is 5.69 Å². The molecular weight excluding hydrogens is 280 g/mol. The van der Waals surface area contributed by atoms with Gasteiger partial charge >= 0.3 is 0 Å². The molecule has 5 heteroatoms. The number of aromatic amines is 2. The first-order valence-electron chi connectivity index (χ1n) is 5.93. The molecule has 1 atom stereocenters. The molecule has 3 heterocycles. The number of rotatable bonds is 2. The number of nitrogens with one attached hydrogen (secondary N) is 3. The Hall–Kier alpha value is -1.07. The number of H-pyrrole nitrogens is 2. The zero-order valence-corrected chi connectivity index (χ0v) is 11.0. The van der Waals surface area contributed by atoms with E-state index in [4.69, 9.17) is 0 Å². The standard InChI is InChI=1S/C12H15BrN4/c13-9-4-11(15-7-9)12-5-10(16-17-12)8-2-1-3-14-6-8/h4-5,7-8,14-15H,1-3,6H2,(H,16,17)/t8-/m0/s1. The van der Waals surface area contributed by atoms with E-state index in [9.17, 15) is 0 Å². The lowest BCUT2D eigenvalue weighted by molar-refractivity contribution is 0.454. The SMILES string of the molecule is Brc1c[nH]c(-c2cc([C@H]3CCCNC3)[nH]n2)c1. The maximum Gasteiger partial charge on any atom is 0.109 e. The molecule has 0 radical (unpaired) electrons. The lowest BCUT2D eigenvalue weighted by Gasteiger charge is -2.21. The van der Waals surface area contributed by atoms with Crippen LogP contribution < -0.4 is 5.32 Å². The minimum atomic E-state index is 0.573. The maximum atomic E-state index is 4.37. The van der Waals surface area contributed by atoms with Crippen LogP contribution in [0.15, 0.2) is 22.8 Å². The Kier molecular flexibility index (Phi) is 3.03. The molecule has 2 aromatic heterocycles. The minimum absolute atomic E-state index is 0.573. The minimum Gasteiger partial charge on any atom is -0.359 e. The second kappa shape index (κ2) is 4.66. The third kappa shape index (κ3) is 2.30. The van der Waals surface area contributed by atoms with Crippen molar-refractivity contribution >= 4 is 15.9 Å². The molecule has 1 saturated heterocycles. The smallest absolute Gasteiger partial charge is 0.109 e. The van der Waals surface area contributed by atoms with Crippen LogP contribution in [0.5, 0.6) is 0 Å². The van der Waals surface area contributed by atoms with E-state index >= 15 is 0 Å². The fourth-order valence-electron chi connectivity index (χ4n) is 2.32. The van der Waals surface area contributed by atoms with E-state index < -0.39 is 0 Å². The van der Waals surface area contributed by atoms with E-state index in [1.165, 1.54) is 18.5 Å². The van der Waals surface area contributed by atoms with Crippen molar-refractivity contribution < 1.29 is 0 Å². The molecule has 90 valence electrons. The summed E-state index contributed by atoms with van der Waals surface area (Å²) in [5.74, 6) is 0.573. The number of piperidine rings is 1.